The van der Waals surface area contributed by atoms with Crippen molar-refractivity contribution in [3.63, 3.8) is 0 Å². The summed E-state index contributed by atoms with van der Waals surface area (Å²) in [5.41, 5.74) is 2.81. The summed E-state index contributed by atoms with van der Waals surface area (Å²) in [6.45, 7) is 2.18. The molecule has 3 aromatic rings. The molecule has 116 valence electrons. The Hall–Kier alpha value is -2.67. The molecule has 0 aliphatic carbocycles. The molecule has 23 heavy (non-hydrogen) atoms. The lowest BCUT2D eigenvalue weighted by molar-refractivity contribution is -0.109. The van der Waals surface area contributed by atoms with Crippen LogP contribution in [0.5, 0.6) is 0 Å². The summed E-state index contributed by atoms with van der Waals surface area (Å²) in [6.07, 6.45) is 3.28. The van der Waals surface area contributed by atoms with Crippen LogP contribution in [0.1, 0.15) is 5.56 Å². The minimum Gasteiger partial charge on any atom is -0.411 e. The van der Waals surface area contributed by atoms with Crippen molar-refractivity contribution in [1.82, 2.24) is 15.2 Å². The molecule has 6 nitrogen and oxygen atoms in total. The molecule has 0 bridgehead atoms. The molecule has 0 saturated heterocycles. The molecule has 0 unspecified atom stereocenters. The highest BCUT2D eigenvalue weighted by molar-refractivity contribution is 8.13. The Morgan fingerprint density at radius 1 is 1.22 bits per heavy atom. The number of carbonyl (C=O) groups excluding carboxylic acids is 1. The van der Waals surface area contributed by atoms with E-state index in [2.05, 4.69) is 20.5 Å². The maximum Gasteiger partial charge on any atom is 0.284 e. The van der Waals surface area contributed by atoms with Crippen LogP contribution >= 0.6 is 11.8 Å². The van der Waals surface area contributed by atoms with Gasteiger partial charge in [-0.15, -0.1) is 10.2 Å². The van der Waals surface area contributed by atoms with E-state index >= 15 is 0 Å². The second-order valence-corrected chi connectivity index (χ2v) is 5.81. The summed E-state index contributed by atoms with van der Waals surface area (Å²) < 4.78 is 5.48. The molecular weight excluding hydrogens is 312 g/mol. The maximum absolute atomic E-state index is 12.0. The summed E-state index contributed by atoms with van der Waals surface area (Å²) in [5.74, 6) is 0.370. The van der Waals surface area contributed by atoms with Crippen LogP contribution in [0.15, 0.2) is 58.4 Å². The first-order valence-electron chi connectivity index (χ1n) is 6.96. The number of hydrogen-bond acceptors (Lipinski definition) is 7. The first kappa shape index (κ1) is 15.2. The quantitative estimate of drug-likeness (QED) is 0.721. The highest BCUT2D eigenvalue weighted by Crippen LogP contribution is 2.23. The van der Waals surface area contributed by atoms with Crippen LogP contribution in [0.3, 0.4) is 0 Å². The summed E-state index contributed by atoms with van der Waals surface area (Å²) in [7, 11) is 0. The van der Waals surface area contributed by atoms with Gasteiger partial charge < -0.3 is 9.73 Å². The normalized spacial score (nSPS) is 10.5. The van der Waals surface area contributed by atoms with Gasteiger partial charge in [-0.05, 0) is 36.8 Å². The Kier molecular flexibility index (Phi) is 4.68. The SMILES string of the molecule is Cc1cccc(NCC(=O)Sc2nnc(-c3ccncc3)o2)c1. The fraction of sp³-hybridized carbons (Fsp3) is 0.125. The Morgan fingerprint density at radius 2 is 2.04 bits per heavy atom. The third-order valence-electron chi connectivity index (χ3n) is 2.99. The third kappa shape index (κ3) is 4.17. The maximum atomic E-state index is 12.0. The van der Waals surface area contributed by atoms with Gasteiger partial charge >= 0.3 is 0 Å². The topological polar surface area (TPSA) is 80.9 Å². The first-order valence-corrected chi connectivity index (χ1v) is 7.77. The van der Waals surface area contributed by atoms with Gasteiger partial charge in [-0.3, -0.25) is 9.78 Å². The predicted octanol–water partition coefficient (Wildman–Crippen LogP) is 3.17. The number of aromatic nitrogens is 3. The van der Waals surface area contributed by atoms with Crippen molar-refractivity contribution >= 4 is 22.6 Å². The number of anilines is 1. The average molecular weight is 326 g/mol. The van der Waals surface area contributed by atoms with Crippen molar-refractivity contribution in [3.8, 4) is 11.5 Å². The summed E-state index contributed by atoms with van der Waals surface area (Å²) in [4.78, 5) is 15.9. The van der Waals surface area contributed by atoms with Crippen molar-refractivity contribution in [2.45, 2.75) is 12.1 Å². The number of nitrogens with one attached hydrogen (secondary N) is 1. The van der Waals surface area contributed by atoms with E-state index in [9.17, 15) is 4.79 Å². The van der Waals surface area contributed by atoms with Gasteiger partial charge in [-0.2, -0.15) is 0 Å². The Balaban J connectivity index is 1.57. The van der Waals surface area contributed by atoms with Crippen molar-refractivity contribution in [2.75, 3.05) is 11.9 Å². The van der Waals surface area contributed by atoms with Crippen LogP contribution in [-0.2, 0) is 4.79 Å². The van der Waals surface area contributed by atoms with Gasteiger partial charge in [0.25, 0.3) is 5.22 Å². The number of pyridine rings is 1. The van der Waals surface area contributed by atoms with E-state index < -0.39 is 0 Å². The monoisotopic (exact) mass is 326 g/mol. The summed E-state index contributed by atoms with van der Waals surface area (Å²) in [5, 5.41) is 11.0. The van der Waals surface area contributed by atoms with Crippen LogP contribution in [0, 0.1) is 6.92 Å². The smallest absolute Gasteiger partial charge is 0.284 e. The predicted molar refractivity (Wildman–Crippen MR) is 88.1 cm³/mol. The van der Waals surface area contributed by atoms with E-state index in [1.165, 1.54) is 0 Å². The minimum atomic E-state index is -0.101. The van der Waals surface area contributed by atoms with E-state index in [4.69, 9.17) is 4.42 Å². The number of benzene rings is 1. The van der Waals surface area contributed by atoms with Gasteiger partial charge in [0.2, 0.25) is 11.0 Å². The second kappa shape index (κ2) is 7.06. The van der Waals surface area contributed by atoms with Crippen molar-refractivity contribution in [1.29, 1.82) is 0 Å². The fourth-order valence-corrected chi connectivity index (χ4v) is 2.47. The van der Waals surface area contributed by atoms with Gasteiger partial charge in [0.1, 0.15) is 0 Å². The van der Waals surface area contributed by atoms with Crippen LogP contribution in [-0.4, -0.2) is 26.8 Å². The first-order chi connectivity index (χ1) is 11.2. The van der Waals surface area contributed by atoms with Gasteiger partial charge in [-0.1, -0.05) is 12.1 Å². The zero-order valence-electron chi connectivity index (χ0n) is 12.4. The van der Waals surface area contributed by atoms with Gasteiger partial charge in [0.15, 0.2) is 0 Å². The van der Waals surface area contributed by atoms with E-state index in [-0.39, 0.29) is 16.9 Å². The molecule has 3 rings (SSSR count). The summed E-state index contributed by atoms with van der Waals surface area (Å²) in [6, 6.07) is 11.4. The lowest BCUT2D eigenvalue weighted by Crippen LogP contribution is -2.10. The molecule has 0 amide bonds. The number of nitrogens with zero attached hydrogens (tertiary/aromatic N) is 3. The second-order valence-electron chi connectivity index (χ2n) is 4.81. The van der Waals surface area contributed by atoms with E-state index in [1.807, 2.05) is 31.2 Å². The van der Waals surface area contributed by atoms with Crippen molar-refractivity contribution in [3.05, 3.63) is 54.4 Å². The minimum absolute atomic E-state index is 0.101. The zero-order valence-corrected chi connectivity index (χ0v) is 13.2. The summed E-state index contributed by atoms with van der Waals surface area (Å²) >= 11 is 0.925. The molecule has 0 spiro atoms. The number of thioether (sulfide) groups is 1. The van der Waals surface area contributed by atoms with E-state index in [0.29, 0.717) is 5.89 Å². The molecule has 0 aliphatic heterocycles. The fourth-order valence-electron chi connectivity index (χ4n) is 1.92. The van der Waals surface area contributed by atoms with E-state index in [1.54, 1.807) is 24.5 Å². The van der Waals surface area contributed by atoms with Crippen LogP contribution in [0.25, 0.3) is 11.5 Å². The largest absolute Gasteiger partial charge is 0.411 e. The molecule has 1 aromatic carbocycles. The van der Waals surface area contributed by atoms with Crippen LogP contribution < -0.4 is 5.32 Å². The number of carbonyl (C=O) groups is 1. The number of rotatable bonds is 5. The Labute approximate surface area is 137 Å². The van der Waals surface area contributed by atoms with Crippen molar-refractivity contribution in [2.24, 2.45) is 0 Å². The van der Waals surface area contributed by atoms with Crippen LogP contribution in [0.2, 0.25) is 0 Å². The molecule has 0 aliphatic rings. The Morgan fingerprint density at radius 3 is 2.83 bits per heavy atom. The van der Waals surface area contributed by atoms with Crippen molar-refractivity contribution < 1.29 is 9.21 Å². The molecule has 0 atom stereocenters. The highest BCUT2D eigenvalue weighted by atomic mass is 32.2. The number of hydrogen-bond donors (Lipinski definition) is 1. The van der Waals surface area contributed by atoms with Gasteiger partial charge in [0, 0.05) is 35.4 Å². The van der Waals surface area contributed by atoms with Crippen LogP contribution in [0.4, 0.5) is 5.69 Å². The number of aryl methyl sites for hydroxylation is 1. The third-order valence-corrected chi connectivity index (χ3v) is 3.70. The Bertz CT molecular complexity index is 805. The zero-order chi connectivity index (χ0) is 16.1. The lowest BCUT2D eigenvalue weighted by atomic mass is 10.2. The molecule has 0 fully saturated rings. The molecule has 0 saturated carbocycles. The molecule has 1 N–H and O–H groups in total. The highest BCUT2D eigenvalue weighted by Gasteiger charge is 2.13. The molecule has 2 aromatic heterocycles. The standard InChI is InChI=1S/C16H14N4O2S/c1-11-3-2-4-13(9-11)18-10-14(21)23-16-20-19-15(22-16)12-5-7-17-8-6-12/h2-9,18H,10H2,1H3. The van der Waals surface area contributed by atoms with Gasteiger partial charge in [0.05, 0.1) is 6.54 Å². The van der Waals surface area contributed by atoms with Gasteiger partial charge in [-0.25, -0.2) is 0 Å². The molecular formula is C16H14N4O2S. The lowest BCUT2D eigenvalue weighted by Gasteiger charge is -2.04. The van der Waals surface area contributed by atoms with E-state index in [0.717, 1.165) is 28.6 Å². The molecule has 0 radical (unpaired) electrons. The molecule has 2 heterocycles. The molecule has 7 heteroatoms. The average Bonchev–Trinajstić information content (AvgIpc) is 3.02.